The Morgan fingerprint density at radius 1 is 1.35 bits per heavy atom. The van der Waals surface area contributed by atoms with E-state index in [-0.39, 0.29) is 42.6 Å². The highest BCUT2D eigenvalue weighted by Gasteiger charge is 2.52. The van der Waals surface area contributed by atoms with Crippen molar-refractivity contribution < 1.29 is 19.1 Å². The van der Waals surface area contributed by atoms with Gasteiger partial charge in [0.1, 0.15) is 6.61 Å². The highest BCUT2D eigenvalue weighted by atomic mass is 127. The van der Waals surface area contributed by atoms with E-state index >= 15 is 0 Å². The van der Waals surface area contributed by atoms with Gasteiger partial charge in [-0.25, -0.2) is 9.69 Å². The summed E-state index contributed by atoms with van der Waals surface area (Å²) in [5.41, 5.74) is 0.973. The number of imide groups is 1. The molecular weight excluding hydrogens is 409 g/mol. The van der Waals surface area contributed by atoms with Crippen LogP contribution in [0, 0.1) is 11.8 Å². The Kier molecular flexibility index (Phi) is 4.91. The average Bonchev–Trinajstić information content (AvgIpc) is 2.90. The number of carbonyl (C=O) groups excluding carboxylic acids is 2. The molecule has 0 saturated carbocycles. The number of ether oxygens (including phenoxy) is 2. The third-order valence-electron chi connectivity index (χ3n) is 4.53. The molecule has 0 aliphatic carbocycles. The van der Waals surface area contributed by atoms with Crippen LogP contribution >= 0.6 is 22.6 Å². The summed E-state index contributed by atoms with van der Waals surface area (Å²) in [5.74, 6) is -0.339. The first-order valence-corrected chi connectivity index (χ1v) is 9.33. The molecule has 1 aromatic carbocycles. The predicted octanol–water partition coefficient (Wildman–Crippen LogP) is 3.18. The van der Waals surface area contributed by atoms with E-state index in [4.69, 9.17) is 9.47 Å². The zero-order chi connectivity index (χ0) is 16.6. The molecule has 1 aromatic rings. The van der Waals surface area contributed by atoms with Crippen LogP contribution in [0.2, 0.25) is 0 Å². The molecule has 2 aliphatic rings. The Hall–Kier alpha value is -1.15. The molecule has 3 rings (SSSR count). The van der Waals surface area contributed by atoms with Crippen LogP contribution in [0.15, 0.2) is 30.3 Å². The first kappa shape index (κ1) is 16.7. The van der Waals surface area contributed by atoms with Crippen molar-refractivity contribution in [1.29, 1.82) is 0 Å². The molecule has 5 nitrogen and oxygen atoms in total. The number of rotatable bonds is 4. The lowest BCUT2D eigenvalue weighted by atomic mass is 9.84. The summed E-state index contributed by atoms with van der Waals surface area (Å²) in [6, 6.07) is 9.51. The van der Waals surface area contributed by atoms with Gasteiger partial charge >= 0.3 is 6.09 Å². The maximum Gasteiger partial charge on any atom is 0.416 e. The van der Waals surface area contributed by atoms with Gasteiger partial charge in [-0.05, 0) is 11.5 Å². The fraction of sp³-hybridized carbons (Fsp3) is 0.529. The predicted molar refractivity (Wildman–Crippen MR) is 93.3 cm³/mol. The van der Waals surface area contributed by atoms with Crippen molar-refractivity contribution in [2.24, 2.45) is 11.8 Å². The fourth-order valence-electron chi connectivity index (χ4n) is 3.15. The normalized spacial score (nSPS) is 30.3. The SMILES string of the molecule is CC(C)[C@H]1COC(=O)N1C(=O)[C@@H]1[C@@H](c2ccccc2)O[C@@H]1CI. The highest BCUT2D eigenvalue weighted by Crippen LogP contribution is 2.43. The van der Waals surface area contributed by atoms with Gasteiger partial charge in [0.25, 0.3) is 0 Å². The van der Waals surface area contributed by atoms with Gasteiger partial charge in [-0.15, -0.1) is 0 Å². The maximum atomic E-state index is 13.0. The van der Waals surface area contributed by atoms with Gasteiger partial charge < -0.3 is 9.47 Å². The van der Waals surface area contributed by atoms with Crippen LogP contribution < -0.4 is 0 Å². The van der Waals surface area contributed by atoms with E-state index in [9.17, 15) is 9.59 Å². The molecule has 2 fully saturated rings. The van der Waals surface area contributed by atoms with E-state index in [2.05, 4.69) is 22.6 Å². The summed E-state index contributed by atoms with van der Waals surface area (Å²) >= 11 is 2.22. The Balaban J connectivity index is 1.85. The van der Waals surface area contributed by atoms with Crippen molar-refractivity contribution in [2.75, 3.05) is 11.0 Å². The van der Waals surface area contributed by atoms with Crippen LogP contribution in [0.5, 0.6) is 0 Å². The van der Waals surface area contributed by atoms with Crippen LogP contribution in [0.25, 0.3) is 0 Å². The smallest absolute Gasteiger partial charge is 0.416 e. The van der Waals surface area contributed by atoms with Gasteiger partial charge in [0, 0.05) is 4.43 Å². The molecule has 6 heteroatoms. The van der Waals surface area contributed by atoms with E-state index in [1.165, 1.54) is 4.90 Å². The van der Waals surface area contributed by atoms with Crippen molar-refractivity contribution >= 4 is 34.6 Å². The molecule has 0 aromatic heterocycles. The molecule has 124 valence electrons. The number of benzene rings is 1. The van der Waals surface area contributed by atoms with Gasteiger partial charge in [-0.2, -0.15) is 0 Å². The summed E-state index contributed by atoms with van der Waals surface area (Å²) in [7, 11) is 0. The minimum Gasteiger partial charge on any atom is -0.447 e. The lowest BCUT2D eigenvalue weighted by molar-refractivity contribution is -0.192. The molecule has 0 N–H and O–H groups in total. The molecule has 0 unspecified atom stereocenters. The number of amides is 2. The van der Waals surface area contributed by atoms with Crippen molar-refractivity contribution in [2.45, 2.75) is 32.1 Å². The molecule has 2 amide bonds. The van der Waals surface area contributed by atoms with E-state index in [1.54, 1.807) is 0 Å². The monoisotopic (exact) mass is 429 g/mol. The van der Waals surface area contributed by atoms with Crippen molar-refractivity contribution in [3.05, 3.63) is 35.9 Å². The summed E-state index contributed by atoms with van der Waals surface area (Å²) in [4.78, 5) is 26.4. The molecule has 0 radical (unpaired) electrons. The minimum absolute atomic E-state index is 0.158. The second kappa shape index (κ2) is 6.76. The molecule has 0 bridgehead atoms. The lowest BCUT2D eigenvalue weighted by Gasteiger charge is -2.44. The number of alkyl halides is 1. The number of carbonyl (C=O) groups is 2. The van der Waals surface area contributed by atoms with Crippen LogP contribution in [-0.2, 0) is 14.3 Å². The third kappa shape index (κ3) is 2.98. The molecule has 2 heterocycles. The van der Waals surface area contributed by atoms with Gasteiger partial charge in [0.2, 0.25) is 5.91 Å². The Morgan fingerprint density at radius 2 is 2.04 bits per heavy atom. The van der Waals surface area contributed by atoms with Gasteiger partial charge in [0.15, 0.2) is 0 Å². The highest BCUT2D eigenvalue weighted by molar-refractivity contribution is 14.1. The van der Waals surface area contributed by atoms with E-state index in [1.807, 2.05) is 44.2 Å². The molecule has 2 saturated heterocycles. The third-order valence-corrected chi connectivity index (χ3v) is 5.39. The van der Waals surface area contributed by atoms with Crippen molar-refractivity contribution in [1.82, 2.24) is 4.90 Å². The quantitative estimate of drug-likeness (QED) is 0.545. The van der Waals surface area contributed by atoms with Crippen molar-refractivity contribution in [3.63, 3.8) is 0 Å². The second-order valence-electron chi connectivity index (χ2n) is 6.28. The first-order chi connectivity index (χ1) is 11.0. The number of halogens is 1. The van der Waals surface area contributed by atoms with E-state index < -0.39 is 6.09 Å². The number of hydrogen-bond donors (Lipinski definition) is 0. The summed E-state index contributed by atoms with van der Waals surface area (Å²) in [6.07, 6.45) is -0.973. The summed E-state index contributed by atoms with van der Waals surface area (Å²) in [5, 5.41) is 0. The van der Waals surface area contributed by atoms with Gasteiger partial charge in [0.05, 0.1) is 24.2 Å². The zero-order valence-electron chi connectivity index (χ0n) is 13.1. The minimum atomic E-state index is -0.528. The second-order valence-corrected chi connectivity index (χ2v) is 7.16. The molecular formula is C17H20INO4. The molecule has 2 aliphatic heterocycles. The Morgan fingerprint density at radius 3 is 2.65 bits per heavy atom. The maximum absolute atomic E-state index is 13.0. The molecule has 4 atom stereocenters. The lowest BCUT2D eigenvalue weighted by Crippen LogP contribution is -2.56. The van der Waals surface area contributed by atoms with E-state index in [0.717, 1.165) is 5.56 Å². The fourth-order valence-corrected chi connectivity index (χ4v) is 3.91. The molecule has 23 heavy (non-hydrogen) atoms. The zero-order valence-corrected chi connectivity index (χ0v) is 15.3. The van der Waals surface area contributed by atoms with Crippen molar-refractivity contribution in [3.8, 4) is 0 Å². The molecule has 0 spiro atoms. The summed E-state index contributed by atoms with van der Waals surface area (Å²) in [6.45, 7) is 4.27. The van der Waals surface area contributed by atoms with Gasteiger partial charge in [-0.1, -0.05) is 66.8 Å². The van der Waals surface area contributed by atoms with E-state index in [0.29, 0.717) is 4.43 Å². The number of nitrogens with zero attached hydrogens (tertiary/aromatic N) is 1. The average molecular weight is 429 g/mol. The largest absolute Gasteiger partial charge is 0.447 e. The number of cyclic esters (lactones) is 1. The first-order valence-electron chi connectivity index (χ1n) is 7.80. The Labute approximate surface area is 149 Å². The van der Waals surface area contributed by atoms with Crippen LogP contribution in [-0.4, -0.2) is 40.1 Å². The van der Waals surface area contributed by atoms with Gasteiger partial charge in [-0.3, -0.25) is 4.79 Å². The standard InChI is InChI=1S/C17H20INO4/c1-10(2)12-9-22-17(21)19(12)16(20)14-13(8-18)23-15(14)11-6-4-3-5-7-11/h3-7,10,12-15H,8-9H2,1-2H3/t12-,13-,14+,15-/m1/s1. The Bertz CT molecular complexity index is 592. The summed E-state index contributed by atoms with van der Waals surface area (Å²) < 4.78 is 11.7. The van der Waals surface area contributed by atoms with Crippen LogP contribution in [0.1, 0.15) is 25.5 Å². The topological polar surface area (TPSA) is 55.8 Å². The number of hydrogen-bond acceptors (Lipinski definition) is 4. The van der Waals surface area contributed by atoms with Crippen LogP contribution in [0.4, 0.5) is 4.79 Å². The van der Waals surface area contributed by atoms with Crippen LogP contribution in [0.3, 0.4) is 0 Å².